The third-order valence-corrected chi connectivity index (χ3v) is 2.17. The van der Waals surface area contributed by atoms with E-state index in [1.165, 1.54) is 18.2 Å². The number of aliphatic hydroxyl groups excluding tert-OH is 1. The van der Waals surface area contributed by atoms with Gasteiger partial charge in [-0.15, -0.1) is 0 Å². The molecule has 82 valence electrons. The highest BCUT2D eigenvalue weighted by molar-refractivity contribution is 5.94. The Morgan fingerprint density at radius 2 is 2.20 bits per heavy atom. The molecule has 1 amide bonds. The van der Waals surface area contributed by atoms with E-state index < -0.39 is 11.7 Å². The molecule has 15 heavy (non-hydrogen) atoms. The van der Waals surface area contributed by atoms with Crippen molar-refractivity contribution in [1.29, 1.82) is 0 Å². The first-order chi connectivity index (χ1) is 7.19. The molecule has 4 heteroatoms. The fourth-order valence-electron chi connectivity index (χ4n) is 1.19. The van der Waals surface area contributed by atoms with E-state index in [0.29, 0.717) is 6.42 Å². The minimum atomic E-state index is -0.553. The first-order valence-corrected chi connectivity index (χ1v) is 4.85. The fraction of sp³-hybridized carbons (Fsp3) is 0.364. The van der Waals surface area contributed by atoms with Crippen LogP contribution >= 0.6 is 0 Å². The Morgan fingerprint density at radius 1 is 1.53 bits per heavy atom. The molecule has 0 saturated carbocycles. The number of halogens is 1. The molecule has 0 saturated heterocycles. The Balaban J connectivity index is 2.73. The summed E-state index contributed by atoms with van der Waals surface area (Å²) in [6, 6.07) is 5.44. The lowest BCUT2D eigenvalue weighted by Gasteiger charge is -2.13. The first-order valence-electron chi connectivity index (χ1n) is 4.85. The molecule has 0 aliphatic heterocycles. The average molecular weight is 211 g/mol. The number of hydrogen-bond donors (Lipinski definition) is 2. The lowest BCUT2D eigenvalue weighted by atomic mass is 10.1. The van der Waals surface area contributed by atoms with E-state index in [1.54, 1.807) is 6.07 Å². The second-order valence-electron chi connectivity index (χ2n) is 3.24. The van der Waals surface area contributed by atoms with E-state index in [-0.39, 0.29) is 18.2 Å². The molecule has 0 aliphatic rings. The summed E-state index contributed by atoms with van der Waals surface area (Å²) in [5, 5.41) is 11.4. The van der Waals surface area contributed by atoms with Gasteiger partial charge in [-0.2, -0.15) is 0 Å². The van der Waals surface area contributed by atoms with Crippen molar-refractivity contribution >= 4 is 5.91 Å². The van der Waals surface area contributed by atoms with Crippen molar-refractivity contribution in [3.05, 3.63) is 35.6 Å². The smallest absolute Gasteiger partial charge is 0.254 e. The Kier molecular flexibility index (Phi) is 4.24. The van der Waals surface area contributed by atoms with Crippen molar-refractivity contribution in [1.82, 2.24) is 5.32 Å². The first kappa shape index (κ1) is 11.7. The lowest BCUT2D eigenvalue weighted by molar-refractivity contribution is 0.0911. The molecule has 0 radical (unpaired) electrons. The van der Waals surface area contributed by atoms with Crippen LogP contribution in [0.5, 0.6) is 0 Å². The van der Waals surface area contributed by atoms with Crippen LogP contribution in [0.25, 0.3) is 0 Å². The number of carbonyl (C=O) groups is 1. The van der Waals surface area contributed by atoms with Gasteiger partial charge in [-0.05, 0) is 18.6 Å². The summed E-state index contributed by atoms with van der Waals surface area (Å²) in [5.41, 5.74) is 0.00407. The van der Waals surface area contributed by atoms with Crippen molar-refractivity contribution in [2.45, 2.75) is 19.4 Å². The maximum absolute atomic E-state index is 13.2. The zero-order chi connectivity index (χ0) is 11.3. The largest absolute Gasteiger partial charge is 0.394 e. The molecular formula is C11H14FNO2. The molecule has 1 unspecified atom stereocenters. The highest BCUT2D eigenvalue weighted by atomic mass is 19.1. The van der Waals surface area contributed by atoms with Gasteiger partial charge in [-0.25, -0.2) is 4.39 Å². The van der Waals surface area contributed by atoms with Crippen LogP contribution < -0.4 is 5.32 Å². The lowest BCUT2D eigenvalue weighted by Crippen LogP contribution is -2.37. The maximum Gasteiger partial charge on any atom is 0.254 e. The Hall–Kier alpha value is -1.42. The van der Waals surface area contributed by atoms with E-state index >= 15 is 0 Å². The van der Waals surface area contributed by atoms with Crippen molar-refractivity contribution in [2.75, 3.05) is 6.61 Å². The van der Waals surface area contributed by atoms with Crippen molar-refractivity contribution in [3.63, 3.8) is 0 Å². The van der Waals surface area contributed by atoms with Crippen LogP contribution in [0.15, 0.2) is 24.3 Å². The van der Waals surface area contributed by atoms with E-state index in [1.807, 2.05) is 6.92 Å². The van der Waals surface area contributed by atoms with Gasteiger partial charge in [0.25, 0.3) is 5.91 Å². The Morgan fingerprint density at radius 3 is 2.73 bits per heavy atom. The second kappa shape index (κ2) is 5.46. The maximum atomic E-state index is 13.2. The van der Waals surface area contributed by atoms with Crippen molar-refractivity contribution in [3.8, 4) is 0 Å². The number of aliphatic hydroxyl groups is 1. The summed E-state index contributed by atoms with van der Waals surface area (Å²) < 4.78 is 13.2. The van der Waals surface area contributed by atoms with Gasteiger partial charge in [0.2, 0.25) is 0 Å². The monoisotopic (exact) mass is 211 g/mol. The minimum Gasteiger partial charge on any atom is -0.394 e. The number of carbonyl (C=O) groups excluding carboxylic acids is 1. The quantitative estimate of drug-likeness (QED) is 0.789. The molecule has 2 N–H and O–H groups in total. The molecule has 0 bridgehead atoms. The fourth-order valence-corrected chi connectivity index (χ4v) is 1.19. The predicted octanol–water partition coefficient (Wildman–Crippen LogP) is 1.33. The SMILES string of the molecule is CCC(CO)NC(=O)c1ccccc1F. The van der Waals surface area contributed by atoms with Gasteiger partial charge in [0.1, 0.15) is 5.82 Å². The number of amides is 1. The minimum absolute atomic E-state index is 0.00407. The number of nitrogens with one attached hydrogen (secondary N) is 1. The van der Waals surface area contributed by atoms with E-state index in [4.69, 9.17) is 5.11 Å². The van der Waals surface area contributed by atoms with Gasteiger partial charge < -0.3 is 10.4 Å². The molecular weight excluding hydrogens is 197 g/mol. The van der Waals surface area contributed by atoms with E-state index in [0.717, 1.165) is 0 Å². The summed E-state index contributed by atoms with van der Waals surface area (Å²) in [4.78, 5) is 11.5. The number of hydrogen-bond acceptors (Lipinski definition) is 2. The zero-order valence-corrected chi connectivity index (χ0v) is 8.53. The summed E-state index contributed by atoms with van der Waals surface area (Å²) in [7, 11) is 0. The van der Waals surface area contributed by atoms with Crippen LogP contribution in [0.1, 0.15) is 23.7 Å². The van der Waals surface area contributed by atoms with Gasteiger partial charge in [0, 0.05) is 0 Å². The molecule has 1 rings (SSSR count). The van der Waals surface area contributed by atoms with E-state index in [9.17, 15) is 9.18 Å². The normalized spacial score (nSPS) is 12.2. The number of benzene rings is 1. The van der Waals surface area contributed by atoms with E-state index in [2.05, 4.69) is 5.32 Å². The zero-order valence-electron chi connectivity index (χ0n) is 8.53. The third-order valence-electron chi connectivity index (χ3n) is 2.17. The van der Waals surface area contributed by atoms with Crippen LogP contribution in [0.3, 0.4) is 0 Å². The highest BCUT2D eigenvalue weighted by Crippen LogP contribution is 2.06. The molecule has 1 aromatic rings. The molecule has 1 atom stereocenters. The standard InChI is InChI=1S/C11H14FNO2/c1-2-8(7-14)13-11(15)9-5-3-4-6-10(9)12/h3-6,8,14H,2,7H2,1H3,(H,13,15). The third kappa shape index (κ3) is 3.02. The van der Waals surface area contributed by atoms with Crippen molar-refractivity contribution < 1.29 is 14.3 Å². The van der Waals surface area contributed by atoms with Crippen molar-refractivity contribution in [2.24, 2.45) is 0 Å². The number of rotatable bonds is 4. The Bertz CT molecular complexity index is 337. The summed E-state index contributed by atoms with van der Waals surface area (Å²) in [6.45, 7) is 1.69. The van der Waals surface area contributed by atoms with Crippen LogP contribution in [0, 0.1) is 5.82 Å². The molecule has 0 spiro atoms. The molecule has 3 nitrogen and oxygen atoms in total. The topological polar surface area (TPSA) is 49.3 Å². The van der Waals surface area contributed by atoms with Gasteiger partial charge in [0.15, 0.2) is 0 Å². The molecule has 0 fully saturated rings. The molecule has 1 aromatic carbocycles. The summed E-state index contributed by atoms with van der Waals surface area (Å²) >= 11 is 0. The molecule has 0 aliphatic carbocycles. The average Bonchev–Trinajstić information content (AvgIpc) is 2.26. The van der Waals surface area contributed by atoms with Gasteiger partial charge in [0.05, 0.1) is 18.2 Å². The summed E-state index contributed by atoms with van der Waals surface area (Å²) in [6.07, 6.45) is 0.608. The van der Waals surface area contributed by atoms with Gasteiger partial charge in [-0.1, -0.05) is 19.1 Å². The van der Waals surface area contributed by atoms with Gasteiger partial charge >= 0.3 is 0 Å². The highest BCUT2D eigenvalue weighted by Gasteiger charge is 2.14. The molecule has 0 aromatic heterocycles. The molecule has 0 heterocycles. The van der Waals surface area contributed by atoms with Crippen LogP contribution in [-0.2, 0) is 0 Å². The van der Waals surface area contributed by atoms with Crippen LogP contribution in [0.4, 0.5) is 4.39 Å². The van der Waals surface area contributed by atoms with Crippen LogP contribution in [0.2, 0.25) is 0 Å². The predicted molar refractivity (Wildman–Crippen MR) is 55.0 cm³/mol. The van der Waals surface area contributed by atoms with Gasteiger partial charge in [-0.3, -0.25) is 4.79 Å². The van der Waals surface area contributed by atoms with Crippen LogP contribution in [-0.4, -0.2) is 23.7 Å². The Labute approximate surface area is 87.9 Å². The second-order valence-corrected chi connectivity index (χ2v) is 3.24. The summed E-state index contributed by atoms with van der Waals surface area (Å²) in [5.74, 6) is -1.04.